The van der Waals surface area contributed by atoms with Gasteiger partial charge in [0.15, 0.2) is 0 Å². The van der Waals surface area contributed by atoms with Crippen molar-refractivity contribution in [3.8, 4) is 5.75 Å². The van der Waals surface area contributed by atoms with Gasteiger partial charge in [0.1, 0.15) is 23.5 Å². The fourth-order valence-electron chi connectivity index (χ4n) is 3.00. The Morgan fingerprint density at radius 3 is 2.68 bits per heavy atom. The van der Waals surface area contributed by atoms with Crippen LogP contribution in [0.25, 0.3) is 11.0 Å². The molecule has 1 N–H and O–H groups in total. The molecule has 0 unspecified atom stereocenters. The molecular weight excluding hydrogens is 366 g/mol. The number of aromatic hydroxyl groups is 1. The number of nitro benzene ring substituents is 1. The maximum Gasteiger partial charge on any atom is 0.345 e. The third-order valence-corrected chi connectivity index (χ3v) is 4.41. The summed E-state index contributed by atoms with van der Waals surface area (Å²) >= 11 is 0. The largest absolute Gasteiger partial charge is 0.508 e. The minimum Gasteiger partial charge on any atom is -0.508 e. The maximum absolute atomic E-state index is 12.4. The first-order valence-corrected chi connectivity index (χ1v) is 8.51. The number of esters is 1. The van der Waals surface area contributed by atoms with E-state index >= 15 is 0 Å². The van der Waals surface area contributed by atoms with Gasteiger partial charge in [-0.15, -0.1) is 0 Å². The number of hydrogen-bond acceptors (Lipinski definition) is 7. The summed E-state index contributed by atoms with van der Waals surface area (Å²) in [4.78, 5) is 34.9. The summed E-state index contributed by atoms with van der Waals surface area (Å²) in [6.45, 7) is 3.11. The lowest BCUT2D eigenvalue weighted by Crippen LogP contribution is -2.10. The molecule has 0 amide bonds. The lowest BCUT2D eigenvalue weighted by molar-refractivity contribution is -0.385. The van der Waals surface area contributed by atoms with Crippen molar-refractivity contribution in [3.05, 3.63) is 79.2 Å². The molecule has 144 valence electrons. The predicted molar refractivity (Wildman–Crippen MR) is 100 cm³/mol. The number of ether oxygens (including phenoxy) is 1. The van der Waals surface area contributed by atoms with Crippen molar-refractivity contribution in [1.82, 2.24) is 0 Å². The first kappa shape index (κ1) is 19.1. The van der Waals surface area contributed by atoms with E-state index in [1.165, 1.54) is 37.3 Å². The number of rotatable bonds is 5. The van der Waals surface area contributed by atoms with Gasteiger partial charge in [-0.3, -0.25) is 10.1 Å². The Morgan fingerprint density at radius 1 is 1.25 bits per heavy atom. The molecule has 28 heavy (non-hydrogen) atoms. The number of benzene rings is 2. The van der Waals surface area contributed by atoms with Gasteiger partial charge in [-0.1, -0.05) is 19.1 Å². The number of fused-ring (bicyclic) bond motifs is 1. The minimum absolute atomic E-state index is 0.00248. The minimum atomic E-state index is -0.869. The Balaban J connectivity index is 1.96. The highest BCUT2D eigenvalue weighted by Gasteiger charge is 2.24. The van der Waals surface area contributed by atoms with Crippen molar-refractivity contribution in [2.45, 2.75) is 26.9 Å². The molecule has 0 atom stereocenters. The van der Waals surface area contributed by atoms with Crippen LogP contribution in [0.3, 0.4) is 0 Å². The van der Waals surface area contributed by atoms with E-state index in [2.05, 4.69) is 0 Å². The molecule has 8 nitrogen and oxygen atoms in total. The van der Waals surface area contributed by atoms with Crippen LogP contribution >= 0.6 is 0 Å². The van der Waals surface area contributed by atoms with Crippen LogP contribution in [-0.4, -0.2) is 16.0 Å². The molecule has 0 fully saturated rings. The highest BCUT2D eigenvalue weighted by molar-refractivity contribution is 5.94. The third kappa shape index (κ3) is 3.57. The number of nitro groups is 1. The van der Waals surface area contributed by atoms with Gasteiger partial charge >= 0.3 is 11.6 Å². The van der Waals surface area contributed by atoms with Gasteiger partial charge in [0.2, 0.25) is 0 Å². The average molecular weight is 383 g/mol. The fourth-order valence-corrected chi connectivity index (χ4v) is 3.00. The molecule has 8 heteroatoms. The van der Waals surface area contributed by atoms with Crippen LogP contribution in [-0.2, 0) is 17.8 Å². The molecule has 0 saturated carbocycles. The Labute approximate surface area is 159 Å². The number of phenols is 1. The lowest BCUT2D eigenvalue weighted by Gasteiger charge is -2.10. The zero-order chi connectivity index (χ0) is 20.4. The smallest absolute Gasteiger partial charge is 0.345 e. The van der Waals surface area contributed by atoms with E-state index in [0.29, 0.717) is 28.5 Å². The van der Waals surface area contributed by atoms with Crippen LogP contribution in [0.5, 0.6) is 5.75 Å². The lowest BCUT2D eigenvalue weighted by atomic mass is 10.0. The predicted octanol–water partition coefficient (Wildman–Crippen LogP) is 3.63. The number of hydrogen-bond donors (Lipinski definition) is 1. The van der Waals surface area contributed by atoms with E-state index in [1.807, 2.05) is 6.92 Å². The summed E-state index contributed by atoms with van der Waals surface area (Å²) in [6, 6.07) is 8.57. The highest BCUT2D eigenvalue weighted by Crippen LogP contribution is 2.28. The Morgan fingerprint density at radius 2 is 2.00 bits per heavy atom. The molecule has 0 saturated heterocycles. The van der Waals surface area contributed by atoms with Crippen molar-refractivity contribution >= 4 is 22.6 Å². The summed E-state index contributed by atoms with van der Waals surface area (Å²) in [5.74, 6) is -0.867. The van der Waals surface area contributed by atoms with Gasteiger partial charge in [0.25, 0.3) is 5.69 Å². The number of phenolic OH excluding ortho intramolecular Hbond substituents is 1. The van der Waals surface area contributed by atoms with Crippen LogP contribution in [0, 0.1) is 17.0 Å². The molecule has 0 radical (unpaired) electrons. The highest BCUT2D eigenvalue weighted by atomic mass is 16.6. The van der Waals surface area contributed by atoms with Crippen LogP contribution in [0.4, 0.5) is 5.69 Å². The number of carbonyl (C=O) groups excluding carboxylic acids is 1. The van der Waals surface area contributed by atoms with Crippen molar-refractivity contribution in [2.75, 3.05) is 0 Å². The van der Waals surface area contributed by atoms with Crippen LogP contribution < -0.4 is 5.63 Å². The quantitative estimate of drug-likeness (QED) is 0.309. The summed E-state index contributed by atoms with van der Waals surface area (Å²) in [5, 5.41) is 21.7. The molecule has 0 aliphatic carbocycles. The third-order valence-electron chi connectivity index (χ3n) is 4.41. The summed E-state index contributed by atoms with van der Waals surface area (Å²) < 4.78 is 10.3. The average Bonchev–Trinajstić information content (AvgIpc) is 2.64. The number of nitrogens with zero attached hydrogens (tertiary/aromatic N) is 1. The standard InChI is InChI=1S/C20H17NO7/c1-3-12-7-15-13(8-18(23)28-17(15)9-16(12)22)10-27-20(24)14-6-4-5-11(2)19(14)21(25)26/h4-9,22H,3,10H2,1-2H3. The molecular formula is C20H17NO7. The number of para-hydroxylation sites is 1. The first-order chi connectivity index (χ1) is 13.3. The normalized spacial score (nSPS) is 10.8. The van der Waals surface area contributed by atoms with E-state index < -0.39 is 16.5 Å². The summed E-state index contributed by atoms with van der Waals surface area (Å²) in [7, 11) is 0. The van der Waals surface area contributed by atoms with E-state index in [0.717, 1.165) is 0 Å². The maximum atomic E-state index is 12.4. The van der Waals surface area contributed by atoms with Crippen LogP contribution in [0.1, 0.15) is 34.0 Å². The molecule has 0 aliphatic rings. The molecule has 3 aromatic rings. The number of carbonyl (C=O) groups is 1. The van der Waals surface area contributed by atoms with Crippen molar-refractivity contribution < 1.29 is 24.0 Å². The summed E-state index contributed by atoms with van der Waals surface area (Å²) in [6.07, 6.45) is 0.551. The second kappa shape index (κ2) is 7.51. The van der Waals surface area contributed by atoms with Gasteiger partial charge in [0.05, 0.1) is 4.92 Å². The van der Waals surface area contributed by atoms with E-state index in [4.69, 9.17) is 9.15 Å². The Hall–Kier alpha value is -3.68. The first-order valence-electron chi connectivity index (χ1n) is 8.51. The molecule has 1 heterocycles. The van der Waals surface area contributed by atoms with Crippen molar-refractivity contribution in [2.24, 2.45) is 0 Å². The zero-order valence-corrected chi connectivity index (χ0v) is 15.2. The summed E-state index contributed by atoms with van der Waals surface area (Å²) in [5.41, 5.74) is 0.381. The van der Waals surface area contributed by atoms with Crippen molar-refractivity contribution in [1.29, 1.82) is 0 Å². The Kier molecular flexibility index (Phi) is 5.12. The van der Waals surface area contributed by atoms with Crippen LogP contribution in [0.2, 0.25) is 0 Å². The van der Waals surface area contributed by atoms with Gasteiger partial charge in [-0.2, -0.15) is 0 Å². The molecule has 0 bridgehead atoms. The van der Waals surface area contributed by atoms with E-state index in [1.54, 1.807) is 6.07 Å². The van der Waals surface area contributed by atoms with Crippen LogP contribution in [0.15, 0.2) is 45.6 Å². The van der Waals surface area contributed by atoms with Gasteiger partial charge < -0.3 is 14.3 Å². The monoisotopic (exact) mass is 383 g/mol. The van der Waals surface area contributed by atoms with Crippen molar-refractivity contribution in [3.63, 3.8) is 0 Å². The SMILES string of the molecule is CCc1cc2c(COC(=O)c3cccc(C)c3[N+](=O)[O-])cc(=O)oc2cc1O. The molecule has 0 aliphatic heterocycles. The van der Waals surface area contributed by atoms with Gasteiger partial charge in [0, 0.05) is 28.6 Å². The molecule has 3 rings (SSSR count). The zero-order valence-electron chi connectivity index (χ0n) is 15.2. The topological polar surface area (TPSA) is 120 Å². The molecule has 1 aromatic heterocycles. The van der Waals surface area contributed by atoms with Gasteiger partial charge in [-0.05, 0) is 31.0 Å². The number of aryl methyl sites for hydroxylation is 2. The molecule has 2 aromatic carbocycles. The second-order valence-corrected chi connectivity index (χ2v) is 6.23. The van der Waals surface area contributed by atoms with E-state index in [9.17, 15) is 24.8 Å². The second-order valence-electron chi connectivity index (χ2n) is 6.23. The fraction of sp³-hybridized carbons (Fsp3) is 0.200. The molecule has 0 spiro atoms. The van der Waals surface area contributed by atoms with E-state index in [-0.39, 0.29) is 29.2 Å². The van der Waals surface area contributed by atoms with Gasteiger partial charge in [-0.25, -0.2) is 9.59 Å². The Bertz CT molecular complexity index is 1150.